The first-order valence-corrected chi connectivity index (χ1v) is 10.1. The first-order chi connectivity index (χ1) is 11.5. The summed E-state index contributed by atoms with van der Waals surface area (Å²) in [6.07, 6.45) is 0. The van der Waals surface area contributed by atoms with Gasteiger partial charge in [0.05, 0.1) is 12.1 Å². The number of hydrogen-bond donors (Lipinski definition) is 2. The van der Waals surface area contributed by atoms with Crippen LogP contribution in [-0.4, -0.2) is 23.9 Å². The van der Waals surface area contributed by atoms with Gasteiger partial charge in [-0.3, -0.25) is 4.72 Å². The van der Waals surface area contributed by atoms with E-state index in [2.05, 4.69) is 4.72 Å². The lowest BCUT2D eigenvalue weighted by molar-refractivity contribution is 0.415. The van der Waals surface area contributed by atoms with Crippen LogP contribution in [0.3, 0.4) is 0 Å². The predicted molar refractivity (Wildman–Crippen MR) is 91.3 cm³/mol. The third-order valence-electron chi connectivity index (χ3n) is 3.25. The van der Waals surface area contributed by atoms with Gasteiger partial charge in [-0.15, -0.1) is 0 Å². The van der Waals surface area contributed by atoms with Crippen molar-refractivity contribution in [3.63, 3.8) is 0 Å². The van der Waals surface area contributed by atoms with E-state index in [0.717, 1.165) is 18.2 Å². The van der Waals surface area contributed by atoms with E-state index in [-0.39, 0.29) is 22.0 Å². The summed E-state index contributed by atoms with van der Waals surface area (Å²) in [5, 5.41) is 4.76. The van der Waals surface area contributed by atoms with Crippen LogP contribution in [0.15, 0.2) is 40.1 Å². The van der Waals surface area contributed by atoms with Crippen LogP contribution in [0.5, 0.6) is 5.75 Å². The molecule has 0 aliphatic heterocycles. The van der Waals surface area contributed by atoms with Crippen LogP contribution in [0.2, 0.25) is 5.02 Å². The molecule has 0 heterocycles. The van der Waals surface area contributed by atoms with Crippen molar-refractivity contribution in [2.75, 3.05) is 11.8 Å². The molecule has 3 N–H and O–H groups in total. The largest absolute Gasteiger partial charge is 0.495 e. The molecule has 2 rings (SSSR count). The normalized spacial score (nSPS) is 12.0. The van der Waals surface area contributed by atoms with E-state index >= 15 is 0 Å². The number of nitrogens with one attached hydrogen (secondary N) is 1. The second kappa shape index (κ2) is 6.79. The van der Waals surface area contributed by atoms with Crippen molar-refractivity contribution in [2.45, 2.75) is 16.7 Å². The molecule has 0 aliphatic rings. The molecule has 0 spiro atoms. The Balaban J connectivity index is 2.65. The van der Waals surface area contributed by atoms with Crippen LogP contribution < -0.4 is 14.6 Å². The smallest absolute Gasteiger partial charge is 0.263 e. The minimum atomic E-state index is -4.35. The lowest BCUT2D eigenvalue weighted by atomic mass is 10.2. The van der Waals surface area contributed by atoms with Gasteiger partial charge in [0.2, 0.25) is 10.0 Å². The first kappa shape index (κ1) is 19.4. The van der Waals surface area contributed by atoms with Gasteiger partial charge in [-0.05, 0) is 36.8 Å². The van der Waals surface area contributed by atoms with Crippen molar-refractivity contribution in [1.82, 2.24) is 0 Å². The van der Waals surface area contributed by atoms with E-state index in [4.69, 9.17) is 21.5 Å². The van der Waals surface area contributed by atoms with Gasteiger partial charge in [0, 0.05) is 0 Å². The summed E-state index contributed by atoms with van der Waals surface area (Å²) < 4.78 is 69.3. The van der Waals surface area contributed by atoms with E-state index in [1.807, 2.05) is 0 Å². The number of rotatable bonds is 5. The Morgan fingerprint density at radius 3 is 2.36 bits per heavy atom. The number of para-hydroxylation sites is 1. The number of halogens is 2. The average molecular weight is 409 g/mol. The molecule has 0 radical (unpaired) electrons. The van der Waals surface area contributed by atoms with Gasteiger partial charge < -0.3 is 4.74 Å². The van der Waals surface area contributed by atoms with E-state index < -0.39 is 35.7 Å². The zero-order chi connectivity index (χ0) is 19.0. The number of ether oxygens (including phenoxy) is 1. The van der Waals surface area contributed by atoms with Gasteiger partial charge in [-0.1, -0.05) is 17.7 Å². The molecule has 2 aromatic carbocycles. The highest BCUT2D eigenvalue weighted by Crippen LogP contribution is 2.34. The summed E-state index contributed by atoms with van der Waals surface area (Å²) in [6, 6.07) is 5.70. The molecule has 0 fully saturated rings. The molecule has 0 aliphatic carbocycles. The Kier molecular flexibility index (Phi) is 5.28. The van der Waals surface area contributed by atoms with E-state index in [1.54, 1.807) is 0 Å². The molecule has 0 bridgehead atoms. The number of nitrogens with two attached hydrogens (primary N) is 1. The lowest BCUT2D eigenvalue weighted by Gasteiger charge is -2.16. The number of sulfonamides is 2. The van der Waals surface area contributed by atoms with Gasteiger partial charge >= 0.3 is 0 Å². The quantitative estimate of drug-likeness (QED) is 0.787. The zero-order valence-electron chi connectivity index (χ0n) is 13.1. The van der Waals surface area contributed by atoms with Crippen LogP contribution >= 0.6 is 11.6 Å². The molecular formula is C14H14ClFN2O5S2. The SMILES string of the molecule is COc1cccc(S(N)(=O)=O)c1NS(=O)(=O)c1cc(C)c(F)cc1Cl. The zero-order valence-corrected chi connectivity index (χ0v) is 15.5. The van der Waals surface area contributed by atoms with E-state index in [1.165, 1.54) is 26.2 Å². The summed E-state index contributed by atoms with van der Waals surface area (Å²) in [7, 11) is -7.36. The third-order valence-corrected chi connectivity index (χ3v) is 6.02. The summed E-state index contributed by atoms with van der Waals surface area (Å²) in [4.78, 5) is -0.898. The number of anilines is 1. The number of methoxy groups -OCH3 is 1. The minimum absolute atomic E-state index is 0.0523. The number of primary sulfonamides is 1. The maximum Gasteiger partial charge on any atom is 0.263 e. The molecule has 2 aromatic rings. The van der Waals surface area contributed by atoms with E-state index in [9.17, 15) is 21.2 Å². The molecule has 0 saturated heterocycles. The predicted octanol–water partition coefficient (Wildman–Crippen LogP) is 2.24. The van der Waals surface area contributed by atoms with Crippen molar-refractivity contribution < 1.29 is 26.0 Å². The fourth-order valence-corrected chi connectivity index (χ4v) is 4.51. The second-order valence-corrected chi connectivity index (χ2v) is 8.60. The summed E-state index contributed by atoms with van der Waals surface area (Å²) in [5.74, 6) is -0.739. The highest BCUT2D eigenvalue weighted by atomic mass is 35.5. The van der Waals surface area contributed by atoms with Crippen LogP contribution in [0.1, 0.15) is 5.56 Å². The average Bonchev–Trinajstić information content (AvgIpc) is 2.49. The van der Waals surface area contributed by atoms with Crippen molar-refractivity contribution in [1.29, 1.82) is 0 Å². The molecule has 0 unspecified atom stereocenters. The molecule has 7 nitrogen and oxygen atoms in total. The molecule has 11 heteroatoms. The van der Waals surface area contributed by atoms with Crippen LogP contribution in [-0.2, 0) is 20.0 Å². The standard InChI is InChI=1S/C14H14ClFN2O5S2/c1-8-6-13(9(15)7-10(8)16)25(21,22)18-14-11(23-2)4-3-5-12(14)24(17,19)20/h3-7,18H,1-2H3,(H2,17,19,20). The van der Waals surface area contributed by atoms with Crippen molar-refractivity contribution >= 4 is 37.3 Å². The van der Waals surface area contributed by atoms with Gasteiger partial charge in [-0.2, -0.15) is 0 Å². The third kappa shape index (κ3) is 4.03. The topological polar surface area (TPSA) is 116 Å². The maximum atomic E-state index is 13.5. The highest BCUT2D eigenvalue weighted by molar-refractivity contribution is 7.93. The van der Waals surface area contributed by atoms with E-state index in [0.29, 0.717) is 0 Å². The summed E-state index contributed by atoms with van der Waals surface area (Å²) in [6.45, 7) is 1.36. The summed E-state index contributed by atoms with van der Waals surface area (Å²) >= 11 is 5.82. The molecule has 25 heavy (non-hydrogen) atoms. The lowest BCUT2D eigenvalue weighted by Crippen LogP contribution is -2.20. The van der Waals surface area contributed by atoms with Crippen LogP contribution in [0, 0.1) is 12.7 Å². The molecule has 0 aromatic heterocycles. The number of aryl methyl sites for hydroxylation is 1. The Hall–Kier alpha value is -1.88. The Bertz CT molecular complexity index is 1040. The fraction of sp³-hybridized carbons (Fsp3) is 0.143. The van der Waals surface area contributed by atoms with Crippen molar-refractivity contribution in [2.24, 2.45) is 5.14 Å². The van der Waals surface area contributed by atoms with Gasteiger partial charge in [0.15, 0.2) is 0 Å². The Morgan fingerprint density at radius 1 is 1.16 bits per heavy atom. The monoisotopic (exact) mass is 408 g/mol. The number of hydrogen-bond acceptors (Lipinski definition) is 5. The number of benzene rings is 2. The molecule has 136 valence electrons. The Labute approximate surface area is 149 Å². The molecule has 0 amide bonds. The highest BCUT2D eigenvalue weighted by Gasteiger charge is 2.26. The van der Waals surface area contributed by atoms with Gasteiger partial charge in [0.25, 0.3) is 10.0 Å². The molecule has 0 atom stereocenters. The second-order valence-electron chi connectivity index (χ2n) is 5.02. The Morgan fingerprint density at radius 2 is 1.80 bits per heavy atom. The summed E-state index contributed by atoms with van der Waals surface area (Å²) in [5.41, 5.74) is -0.318. The molecular weight excluding hydrogens is 395 g/mol. The minimum Gasteiger partial charge on any atom is -0.495 e. The van der Waals surface area contributed by atoms with Crippen LogP contribution in [0.25, 0.3) is 0 Å². The first-order valence-electron chi connectivity index (χ1n) is 6.65. The van der Waals surface area contributed by atoms with Crippen molar-refractivity contribution in [3.8, 4) is 5.75 Å². The van der Waals surface area contributed by atoms with Gasteiger partial charge in [0.1, 0.15) is 27.0 Å². The van der Waals surface area contributed by atoms with Crippen molar-refractivity contribution in [3.05, 3.63) is 46.7 Å². The van der Waals surface area contributed by atoms with Crippen LogP contribution in [0.4, 0.5) is 10.1 Å². The van der Waals surface area contributed by atoms with Gasteiger partial charge in [-0.25, -0.2) is 26.4 Å². The molecule has 0 saturated carbocycles. The fourth-order valence-electron chi connectivity index (χ4n) is 2.04. The maximum absolute atomic E-state index is 13.5.